The fourth-order valence-corrected chi connectivity index (χ4v) is 5.88. The summed E-state index contributed by atoms with van der Waals surface area (Å²) in [5.74, 6) is -1.33. The van der Waals surface area contributed by atoms with Gasteiger partial charge in [-0.25, -0.2) is 4.79 Å². The Labute approximate surface area is 202 Å². The summed E-state index contributed by atoms with van der Waals surface area (Å²) in [5, 5.41) is 13.9. The molecule has 10 heteroatoms. The van der Waals surface area contributed by atoms with Crippen LogP contribution in [0.1, 0.15) is 37.9 Å². The van der Waals surface area contributed by atoms with Crippen molar-refractivity contribution < 1.29 is 24.0 Å². The molecule has 3 aliphatic rings. The van der Waals surface area contributed by atoms with E-state index in [0.29, 0.717) is 12.1 Å². The van der Waals surface area contributed by atoms with Gasteiger partial charge < -0.3 is 9.64 Å². The number of nitrogens with zero attached hydrogens (tertiary/aromatic N) is 3. The van der Waals surface area contributed by atoms with Crippen molar-refractivity contribution >= 4 is 29.2 Å². The summed E-state index contributed by atoms with van der Waals surface area (Å²) in [6, 6.07) is 11.5. The van der Waals surface area contributed by atoms with E-state index in [2.05, 4.69) is 5.32 Å². The van der Waals surface area contributed by atoms with Crippen molar-refractivity contribution in [2.24, 2.45) is 5.41 Å². The number of fused-ring (bicyclic) bond motifs is 4. The topological polar surface area (TPSA) is 122 Å². The quantitative estimate of drug-likeness (QED) is 0.409. The van der Waals surface area contributed by atoms with E-state index in [1.54, 1.807) is 13.0 Å². The van der Waals surface area contributed by atoms with E-state index >= 15 is 0 Å². The number of hydrogen-bond donors (Lipinski definition) is 1. The molecule has 1 N–H and O–H groups in total. The minimum absolute atomic E-state index is 0.0801. The molecule has 5 rings (SSSR count). The summed E-state index contributed by atoms with van der Waals surface area (Å²) >= 11 is 0. The van der Waals surface area contributed by atoms with Crippen LogP contribution in [-0.4, -0.2) is 52.5 Å². The van der Waals surface area contributed by atoms with Crippen LogP contribution in [0.3, 0.4) is 0 Å². The second-order valence-electron chi connectivity index (χ2n) is 9.49. The van der Waals surface area contributed by atoms with Gasteiger partial charge in [0.15, 0.2) is 5.41 Å². The van der Waals surface area contributed by atoms with Crippen LogP contribution in [0, 0.1) is 15.5 Å². The Bertz CT molecular complexity index is 1230. The van der Waals surface area contributed by atoms with Gasteiger partial charge in [-0.05, 0) is 38.0 Å². The number of amides is 4. The zero-order valence-corrected chi connectivity index (χ0v) is 19.6. The number of non-ortho nitro benzene ring substituents is 1. The second-order valence-corrected chi connectivity index (χ2v) is 9.49. The molecule has 182 valence electrons. The molecule has 0 aliphatic carbocycles. The van der Waals surface area contributed by atoms with Gasteiger partial charge in [0.1, 0.15) is 0 Å². The highest BCUT2D eigenvalue weighted by molar-refractivity contribution is 6.20. The lowest BCUT2D eigenvalue weighted by Gasteiger charge is -2.56. The number of morpholine rings is 1. The Morgan fingerprint density at radius 3 is 2.54 bits per heavy atom. The van der Waals surface area contributed by atoms with E-state index in [1.807, 2.05) is 49.1 Å². The van der Waals surface area contributed by atoms with Gasteiger partial charge in [-0.15, -0.1) is 0 Å². The molecule has 0 unspecified atom stereocenters. The largest absolute Gasteiger partial charge is 0.372 e. The van der Waals surface area contributed by atoms with Crippen LogP contribution in [-0.2, 0) is 20.7 Å². The maximum absolute atomic E-state index is 14.3. The van der Waals surface area contributed by atoms with Gasteiger partial charge >= 0.3 is 6.03 Å². The molecule has 2 saturated heterocycles. The third kappa shape index (κ3) is 3.39. The third-order valence-electron chi connectivity index (χ3n) is 7.35. The Hall–Kier alpha value is -3.79. The number of nitrogens with one attached hydrogen (secondary N) is 1. The van der Waals surface area contributed by atoms with E-state index in [9.17, 15) is 24.5 Å². The van der Waals surface area contributed by atoms with Gasteiger partial charge in [0.05, 0.1) is 29.2 Å². The molecule has 5 atom stereocenters. The Morgan fingerprint density at radius 2 is 1.86 bits per heavy atom. The summed E-state index contributed by atoms with van der Waals surface area (Å²) in [4.78, 5) is 54.9. The molecule has 10 nitrogen and oxygen atoms in total. The average Bonchev–Trinajstić information content (AvgIpc) is 2.82. The number of rotatable bonds is 3. The lowest BCUT2D eigenvalue weighted by atomic mass is 9.66. The number of carbonyl (C=O) groups excluding carboxylic acids is 3. The summed E-state index contributed by atoms with van der Waals surface area (Å²) in [5.41, 5.74) is 0.167. The monoisotopic (exact) mass is 478 g/mol. The van der Waals surface area contributed by atoms with E-state index in [4.69, 9.17) is 4.74 Å². The molecule has 3 aliphatic heterocycles. The maximum Gasteiger partial charge on any atom is 0.331 e. The molecule has 4 amide bonds. The number of nitro benzene ring substituents is 1. The number of hydrogen-bond acceptors (Lipinski definition) is 7. The predicted octanol–water partition coefficient (Wildman–Crippen LogP) is 2.96. The van der Waals surface area contributed by atoms with Crippen LogP contribution >= 0.6 is 0 Å². The van der Waals surface area contributed by atoms with E-state index in [-0.39, 0.29) is 18.2 Å². The molecule has 2 fully saturated rings. The number of benzene rings is 2. The van der Waals surface area contributed by atoms with Gasteiger partial charge in [-0.2, -0.15) is 0 Å². The first-order valence-corrected chi connectivity index (χ1v) is 11.6. The Morgan fingerprint density at radius 1 is 1.14 bits per heavy atom. The lowest BCUT2D eigenvalue weighted by Crippen LogP contribution is -2.75. The highest BCUT2D eigenvalue weighted by Gasteiger charge is 2.65. The number of carbonyl (C=O) groups is 3. The van der Waals surface area contributed by atoms with Crippen LogP contribution in [0.15, 0.2) is 48.5 Å². The second kappa shape index (κ2) is 8.16. The zero-order chi connectivity index (χ0) is 25.1. The van der Waals surface area contributed by atoms with Crippen LogP contribution in [0.2, 0.25) is 0 Å². The molecule has 3 heterocycles. The highest BCUT2D eigenvalue weighted by Crippen LogP contribution is 2.49. The number of nitro groups is 1. The van der Waals surface area contributed by atoms with Crippen molar-refractivity contribution in [3.05, 3.63) is 69.8 Å². The normalized spacial score (nSPS) is 28.9. The van der Waals surface area contributed by atoms with E-state index in [1.165, 1.54) is 12.1 Å². The number of barbiturate groups is 1. The SMILES string of the molecule is C[C@@H]1CN2c3ccc([N+](=O)[O-])cc3C[C@]3(C(=O)NC(=O)N([C@H](C)c4ccccc4)C3=O)[C@@H]2[C@H](C)O1. The van der Waals surface area contributed by atoms with Gasteiger partial charge in [0, 0.05) is 30.8 Å². The molecule has 2 aromatic carbocycles. The van der Waals surface area contributed by atoms with Crippen molar-refractivity contribution in [3.63, 3.8) is 0 Å². The van der Waals surface area contributed by atoms with Crippen molar-refractivity contribution in [1.82, 2.24) is 10.2 Å². The maximum atomic E-state index is 14.3. The van der Waals surface area contributed by atoms with E-state index < -0.39 is 46.4 Å². The van der Waals surface area contributed by atoms with Gasteiger partial charge in [-0.3, -0.25) is 29.9 Å². The Balaban J connectivity index is 1.67. The van der Waals surface area contributed by atoms with Crippen LogP contribution in [0.5, 0.6) is 0 Å². The minimum atomic E-state index is -1.70. The van der Waals surface area contributed by atoms with Crippen molar-refractivity contribution in [2.75, 3.05) is 11.4 Å². The molecule has 1 spiro atoms. The number of imide groups is 2. The first kappa shape index (κ1) is 23.0. The average molecular weight is 479 g/mol. The zero-order valence-electron chi connectivity index (χ0n) is 19.6. The van der Waals surface area contributed by atoms with Crippen molar-refractivity contribution in [1.29, 1.82) is 0 Å². The van der Waals surface area contributed by atoms with Crippen molar-refractivity contribution in [2.45, 2.75) is 51.5 Å². The van der Waals surface area contributed by atoms with Crippen LogP contribution in [0.4, 0.5) is 16.2 Å². The minimum Gasteiger partial charge on any atom is -0.372 e. The third-order valence-corrected chi connectivity index (χ3v) is 7.35. The van der Waals surface area contributed by atoms with Crippen molar-refractivity contribution in [3.8, 4) is 0 Å². The molecule has 2 aromatic rings. The standard InChI is InChI=1S/C25H26N4O6/c1-14-13-27-20-10-9-19(29(33)34)11-18(20)12-25(21(27)16(3)35-14)22(30)26-24(32)28(23(25)31)15(2)17-7-5-4-6-8-17/h4-11,14-16,21H,12-13H2,1-3H3,(H,26,30,32)/t14-,15-,16+,21+,25-/m1/s1. The molecule has 0 aromatic heterocycles. The molecule has 35 heavy (non-hydrogen) atoms. The lowest BCUT2D eigenvalue weighted by molar-refractivity contribution is -0.384. The summed E-state index contributed by atoms with van der Waals surface area (Å²) < 4.78 is 6.08. The molecular weight excluding hydrogens is 452 g/mol. The molecular formula is C25H26N4O6. The van der Waals surface area contributed by atoms with Gasteiger partial charge in [0.2, 0.25) is 11.8 Å². The van der Waals surface area contributed by atoms with Gasteiger partial charge in [-0.1, -0.05) is 30.3 Å². The van der Waals surface area contributed by atoms with Gasteiger partial charge in [0.25, 0.3) is 5.69 Å². The number of anilines is 1. The summed E-state index contributed by atoms with van der Waals surface area (Å²) in [6.07, 6.45) is -0.788. The molecule has 0 bridgehead atoms. The number of ether oxygens (including phenoxy) is 1. The summed E-state index contributed by atoms with van der Waals surface area (Å²) in [6.45, 7) is 5.84. The first-order chi connectivity index (χ1) is 16.6. The Kier molecular flexibility index (Phi) is 5.36. The molecule has 0 saturated carbocycles. The summed E-state index contributed by atoms with van der Waals surface area (Å²) in [7, 11) is 0. The van der Waals surface area contributed by atoms with E-state index in [0.717, 1.165) is 16.2 Å². The first-order valence-electron chi connectivity index (χ1n) is 11.6. The highest BCUT2D eigenvalue weighted by atomic mass is 16.6. The van der Waals surface area contributed by atoms with Crippen LogP contribution < -0.4 is 10.2 Å². The van der Waals surface area contributed by atoms with Crippen LogP contribution in [0.25, 0.3) is 0 Å². The fourth-order valence-electron chi connectivity index (χ4n) is 5.88. The molecule has 0 radical (unpaired) electrons. The fraction of sp³-hybridized carbons (Fsp3) is 0.400. The smallest absolute Gasteiger partial charge is 0.331 e. The number of urea groups is 1. The predicted molar refractivity (Wildman–Crippen MR) is 126 cm³/mol.